The van der Waals surface area contributed by atoms with Gasteiger partial charge in [0.2, 0.25) is 5.91 Å². The van der Waals surface area contributed by atoms with Crippen LogP contribution in [0.15, 0.2) is 28.8 Å². The van der Waals surface area contributed by atoms with Gasteiger partial charge < -0.3 is 19.3 Å². The van der Waals surface area contributed by atoms with Crippen LogP contribution in [0.2, 0.25) is 0 Å². The number of rotatable bonds is 6. The Morgan fingerprint density at radius 3 is 2.56 bits per heavy atom. The summed E-state index contributed by atoms with van der Waals surface area (Å²) in [6.45, 7) is 6.39. The van der Waals surface area contributed by atoms with Crippen LogP contribution in [0, 0.1) is 19.8 Å². The molecule has 1 aliphatic heterocycles. The van der Waals surface area contributed by atoms with E-state index in [2.05, 4.69) is 5.16 Å². The number of nitrogens with zero attached hydrogens (tertiary/aromatic N) is 2. The zero-order valence-electron chi connectivity index (χ0n) is 15.8. The molecule has 7 nitrogen and oxygen atoms in total. The van der Waals surface area contributed by atoms with Gasteiger partial charge in [-0.05, 0) is 44.9 Å². The maximum atomic E-state index is 12.5. The fourth-order valence-corrected chi connectivity index (χ4v) is 3.47. The number of likely N-dealkylation sites (tertiary alicyclic amines) is 1. The van der Waals surface area contributed by atoms with Gasteiger partial charge in [-0.1, -0.05) is 17.3 Å². The van der Waals surface area contributed by atoms with E-state index in [1.807, 2.05) is 38.1 Å². The van der Waals surface area contributed by atoms with Crippen molar-refractivity contribution >= 4 is 11.9 Å². The molecule has 2 unspecified atom stereocenters. The van der Waals surface area contributed by atoms with Crippen LogP contribution in [0.25, 0.3) is 0 Å². The second-order valence-corrected chi connectivity index (χ2v) is 6.97. The molecule has 0 radical (unpaired) electrons. The lowest BCUT2D eigenvalue weighted by atomic mass is 10.0. The van der Waals surface area contributed by atoms with Crippen LogP contribution in [-0.4, -0.2) is 39.6 Å². The zero-order valence-corrected chi connectivity index (χ0v) is 15.8. The van der Waals surface area contributed by atoms with Crippen molar-refractivity contribution in [3.05, 3.63) is 46.8 Å². The molecule has 144 valence electrons. The van der Waals surface area contributed by atoms with Gasteiger partial charge in [-0.3, -0.25) is 9.59 Å². The predicted molar refractivity (Wildman–Crippen MR) is 97.4 cm³/mol. The van der Waals surface area contributed by atoms with Gasteiger partial charge in [0, 0.05) is 12.6 Å². The Morgan fingerprint density at radius 1 is 1.30 bits per heavy atom. The standard InChI is InChI=1S/C20H24N2O5/c1-12-18(14(3)27-21-12)11-26-16-6-4-15(5-7-16)10-19(23)22-9-8-17(13(22)2)20(24)25/h4-7,13,17H,8-11H2,1-3H3,(H,24,25). The van der Waals surface area contributed by atoms with Crippen molar-refractivity contribution < 1.29 is 24.0 Å². The second-order valence-electron chi connectivity index (χ2n) is 6.97. The van der Waals surface area contributed by atoms with Gasteiger partial charge in [-0.25, -0.2) is 0 Å². The van der Waals surface area contributed by atoms with Crippen LogP contribution < -0.4 is 4.74 Å². The summed E-state index contributed by atoms with van der Waals surface area (Å²) in [4.78, 5) is 25.4. The summed E-state index contributed by atoms with van der Waals surface area (Å²) in [6, 6.07) is 7.10. The summed E-state index contributed by atoms with van der Waals surface area (Å²) < 4.78 is 10.9. The minimum Gasteiger partial charge on any atom is -0.489 e. The number of carbonyl (C=O) groups excluding carboxylic acids is 1. The molecule has 2 atom stereocenters. The van der Waals surface area contributed by atoms with Crippen molar-refractivity contribution in [1.82, 2.24) is 10.1 Å². The first-order valence-corrected chi connectivity index (χ1v) is 9.02. The van der Waals surface area contributed by atoms with Crippen molar-refractivity contribution in [2.45, 2.75) is 46.3 Å². The lowest BCUT2D eigenvalue weighted by molar-refractivity contribution is -0.143. The van der Waals surface area contributed by atoms with Crippen LogP contribution in [0.5, 0.6) is 5.75 Å². The molecule has 2 aromatic rings. The van der Waals surface area contributed by atoms with E-state index in [4.69, 9.17) is 9.26 Å². The van der Waals surface area contributed by atoms with E-state index in [9.17, 15) is 14.7 Å². The molecule has 2 heterocycles. The largest absolute Gasteiger partial charge is 0.489 e. The van der Waals surface area contributed by atoms with Crippen LogP contribution in [-0.2, 0) is 22.6 Å². The number of aryl methyl sites for hydroxylation is 2. The highest BCUT2D eigenvalue weighted by atomic mass is 16.5. The van der Waals surface area contributed by atoms with Gasteiger partial charge in [-0.15, -0.1) is 0 Å². The van der Waals surface area contributed by atoms with E-state index in [1.54, 1.807) is 11.8 Å². The first kappa shape index (κ1) is 18.9. The molecular formula is C20H24N2O5. The highest BCUT2D eigenvalue weighted by Gasteiger charge is 2.37. The van der Waals surface area contributed by atoms with E-state index in [1.165, 1.54) is 0 Å². The highest BCUT2D eigenvalue weighted by molar-refractivity contribution is 5.81. The van der Waals surface area contributed by atoms with Gasteiger partial charge in [0.25, 0.3) is 0 Å². The first-order chi connectivity index (χ1) is 12.9. The third-order valence-electron chi connectivity index (χ3n) is 5.24. The van der Waals surface area contributed by atoms with E-state index in [0.29, 0.717) is 25.3 Å². The second kappa shape index (κ2) is 7.82. The fraction of sp³-hybridized carbons (Fsp3) is 0.450. The third-order valence-corrected chi connectivity index (χ3v) is 5.24. The Morgan fingerprint density at radius 2 is 2.00 bits per heavy atom. The van der Waals surface area contributed by atoms with Crippen molar-refractivity contribution in [2.24, 2.45) is 5.92 Å². The molecule has 1 fully saturated rings. The van der Waals surface area contributed by atoms with Gasteiger partial charge in [-0.2, -0.15) is 0 Å². The topological polar surface area (TPSA) is 92.9 Å². The Labute approximate surface area is 157 Å². The van der Waals surface area contributed by atoms with E-state index < -0.39 is 11.9 Å². The van der Waals surface area contributed by atoms with Crippen LogP contribution in [0.3, 0.4) is 0 Å². The van der Waals surface area contributed by atoms with Crippen molar-refractivity contribution in [2.75, 3.05) is 6.54 Å². The van der Waals surface area contributed by atoms with Crippen molar-refractivity contribution in [3.8, 4) is 5.75 Å². The van der Waals surface area contributed by atoms with E-state index >= 15 is 0 Å². The number of hydrogen-bond acceptors (Lipinski definition) is 5. The quantitative estimate of drug-likeness (QED) is 0.838. The molecule has 0 spiro atoms. The third kappa shape index (κ3) is 4.13. The SMILES string of the molecule is Cc1noc(C)c1COc1ccc(CC(=O)N2CCC(C(=O)O)C2C)cc1. The monoisotopic (exact) mass is 372 g/mol. The molecule has 7 heteroatoms. The van der Waals surface area contributed by atoms with Gasteiger partial charge in [0.1, 0.15) is 18.1 Å². The number of ether oxygens (including phenoxy) is 1. The number of hydrogen-bond donors (Lipinski definition) is 1. The van der Waals surface area contributed by atoms with Gasteiger partial charge in [0.15, 0.2) is 0 Å². The molecule has 1 aromatic carbocycles. The molecule has 1 amide bonds. The summed E-state index contributed by atoms with van der Waals surface area (Å²) in [5.41, 5.74) is 2.62. The van der Waals surface area contributed by atoms with Crippen LogP contribution >= 0.6 is 0 Å². The number of carbonyl (C=O) groups is 2. The average Bonchev–Trinajstić information content (AvgIpc) is 3.17. The molecular weight excluding hydrogens is 348 g/mol. The maximum Gasteiger partial charge on any atom is 0.308 e. The van der Waals surface area contributed by atoms with Crippen molar-refractivity contribution in [1.29, 1.82) is 0 Å². The molecule has 1 aromatic heterocycles. The molecule has 1 aliphatic rings. The van der Waals surface area contributed by atoms with Crippen LogP contribution in [0.1, 0.15) is 35.9 Å². The Hall–Kier alpha value is -2.83. The normalized spacial score (nSPS) is 19.3. The molecule has 0 bridgehead atoms. The first-order valence-electron chi connectivity index (χ1n) is 9.02. The molecule has 1 N–H and O–H groups in total. The summed E-state index contributed by atoms with van der Waals surface area (Å²) in [7, 11) is 0. The predicted octanol–water partition coefficient (Wildman–Crippen LogP) is 2.73. The molecule has 1 saturated heterocycles. The Balaban J connectivity index is 1.56. The van der Waals surface area contributed by atoms with E-state index in [-0.39, 0.29) is 18.4 Å². The zero-order chi connectivity index (χ0) is 19.6. The van der Waals surface area contributed by atoms with Gasteiger partial charge in [0.05, 0.1) is 23.6 Å². The molecule has 0 aliphatic carbocycles. The molecule has 27 heavy (non-hydrogen) atoms. The summed E-state index contributed by atoms with van der Waals surface area (Å²) >= 11 is 0. The summed E-state index contributed by atoms with van der Waals surface area (Å²) in [5.74, 6) is 0.0862. The van der Waals surface area contributed by atoms with Gasteiger partial charge >= 0.3 is 5.97 Å². The summed E-state index contributed by atoms with van der Waals surface area (Å²) in [6.07, 6.45) is 0.761. The Kier molecular flexibility index (Phi) is 5.48. The number of aliphatic carboxylic acids is 1. The summed E-state index contributed by atoms with van der Waals surface area (Å²) in [5, 5.41) is 13.1. The number of carboxylic acid groups (broad SMARTS) is 1. The van der Waals surface area contributed by atoms with E-state index in [0.717, 1.165) is 22.6 Å². The molecule has 3 rings (SSSR count). The number of amides is 1. The average molecular weight is 372 g/mol. The lowest BCUT2D eigenvalue weighted by Gasteiger charge is -2.23. The minimum absolute atomic E-state index is 0.0457. The molecule has 0 saturated carbocycles. The minimum atomic E-state index is -0.836. The number of benzene rings is 1. The highest BCUT2D eigenvalue weighted by Crippen LogP contribution is 2.25. The van der Waals surface area contributed by atoms with Crippen LogP contribution in [0.4, 0.5) is 0 Å². The van der Waals surface area contributed by atoms with Crippen molar-refractivity contribution in [3.63, 3.8) is 0 Å². The lowest BCUT2D eigenvalue weighted by Crippen LogP contribution is -2.38. The smallest absolute Gasteiger partial charge is 0.308 e. The number of carboxylic acids is 1. The number of aromatic nitrogens is 1. The Bertz CT molecular complexity index is 808. The fourth-order valence-electron chi connectivity index (χ4n) is 3.47. The maximum absolute atomic E-state index is 12.5.